The average molecular weight is 347 g/mol. The monoisotopic (exact) mass is 347 g/mol. The summed E-state index contributed by atoms with van der Waals surface area (Å²) in [5, 5.41) is 17.1. The van der Waals surface area contributed by atoms with Gasteiger partial charge in [0.1, 0.15) is 0 Å². The molecule has 136 valence electrons. The number of amides is 2. The molecule has 1 saturated carbocycles. The Hall–Kier alpha value is -2.57. The first-order valence-electron chi connectivity index (χ1n) is 8.52. The second-order valence-electron chi connectivity index (χ2n) is 6.32. The number of nitrogens with one attached hydrogen (secondary N) is 2. The van der Waals surface area contributed by atoms with Crippen LogP contribution in [0, 0.1) is 5.92 Å². The first-order valence-corrected chi connectivity index (χ1v) is 8.52. The van der Waals surface area contributed by atoms with Crippen LogP contribution in [0.5, 0.6) is 0 Å². The van der Waals surface area contributed by atoms with Gasteiger partial charge in [-0.15, -0.1) is 0 Å². The summed E-state index contributed by atoms with van der Waals surface area (Å²) >= 11 is 0. The van der Waals surface area contributed by atoms with Gasteiger partial charge in [-0.05, 0) is 25.7 Å². The van der Waals surface area contributed by atoms with Crippen LogP contribution in [0.3, 0.4) is 0 Å². The summed E-state index contributed by atoms with van der Waals surface area (Å²) in [7, 11) is 0. The minimum Gasteiger partial charge on any atom is -0.462 e. The van der Waals surface area contributed by atoms with Crippen molar-refractivity contribution in [2.45, 2.75) is 45.1 Å². The van der Waals surface area contributed by atoms with Crippen LogP contribution < -0.4 is 10.6 Å². The van der Waals surface area contributed by atoms with Crippen molar-refractivity contribution in [2.24, 2.45) is 11.1 Å². The Bertz CT molecular complexity index is 616. The van der Waals surface area contributed by atoms with Crippen molar-refractivity contribution < 1.29 is 19.5 Å². The summed E-state index contributed by atoms with van der Waals surface area (Å²) in [5.41, 5.74) is 1.14. The Morgan fingerprint density at radius 1 is 1.40 bits per heavy atom. The number of urea groups is 1. The van der Waals surface area contributed by atoms with E-state index in [0.29, 0.717) is 29.4 Å². The summed E-state index contributed by atoms with van der Waals surface area (Å²) in [6, 6.07) is -1.20. The van der Waals surface area contributed by atoms with Crippen LogP contribution in [0.4, 0.5) is 4.79 Å². The molecule has 25 heavy (non-hydrogen) atoms. The molecule has 0 aromatic rings. The SMILES string of the molecule is C=C/C=C(\C=N\O)C1NC(=O)NC(C)=C1C(=O)OCC1CCCCC1. The smallest absolute Gasteiger partial charge is 0.338 e. The van der Waals surface area contributed by atoms with E-state index in [0.717, 1.165) is 12.8 Å². The third-order valence-corrected chi connectivity index (χ3v) is 4.51. The highest BCUT2D eigenvalue weighted by Gasteiger charge is 2.33. The predicted molar refractivity (Wildman–Crippen MR) is 94.2 cm³/mol. The maximum absolute atomic E-state index is 12.6. The van der Waals surface area contributed by atoms with E-state index in [9.17, 15) is 9.59 Å². The first-order chi connectivity index (χ1) is 12.1. The lowest BCUT2D eigenvalue weighted by atomic mass is 9.90. The molecule has 1 aliphatic heterocycles. The normalized spacial score (nSPS) is 22.5. The Labute approximate surface area is 147 Å². The highest BCUT2D eigenvalue weighted by Crippen LogP contribution is 2.25. The zero-order chi connectivity index (χ0) is 18.2. The molecule has 7 nitrogen and oxygen atoms in total. The van der Waals surface area contributed by atoms with E-state index in [-0.39, 0.29) is 0 Å². The molecule has 1 unspecified atom stereocenters. The highest BCUT2D eigenvalue weighted by molar-refractivity contribution is 5.98. The molecule has 2 aliphatic rings. The largest absolute Gasteiger partial charge is 0.462 e. The summed E-state index contributed by atoms with van der Waals surface area (Å²) in [6.45, 7) is 5.63. The highest BCUT2D eigenvalue weighted by atomic mass is 16.5. The Morgan fingerprint density at radius 2 is 2.12 bits per heavy atom. The fraction of sp³-hybridized carbons (Fsp3) is 0.500. The quantitative estimate of drug-likeness (QED) is 0.226. The van der Waals surface area contributed by atoms with Crippen molar-refractivity contribution in [1.82, 2.24) is 10.6 Å². The van der Waals surface area contributed by atoms with Crippen LogP contribution >= 0.6 is 0 Å². The van der Waals surface area contributed by atoms with E-state index < -0.39 is 18.0 Å². The van der Waals surface area contributed by atoms with Crippen LogP contribution in [-0.2, 0) is 9.53 Å². The lowest BCUT2D eigenvalue weighted by molar-refractivity contribution is -0.141. The van der Waals surface area contributed by atoms with Crippen molar-refractivity contribution in [1.29, 1.82) is 0 Å². The lowest BCUT2D eigenvalue weighted by Crippen LogP contribution is -2.51. The van der Waals surface area contributed by atoms with E-state index in [1.165, 1.54) is 31.6 Å². The number of rotatable bonds is 6. The average Bonchev–Trinajstić information content (AvgIpc) is 2.60. The second kappa shape index (κ2) is 9.05. The van der Waals surface area contributed by atoms with Crippen molar-refractivity contribution in [3.8, 4) is 0 Å². The molecule has 0 saturated heterocycles. The van der Waals surface area contributed by atoms with Gasteiger partial charge in [-0.3, -0.25) is 0 Å². The molecule has 3 N–H and O–H groups in total. The molecule has 1 atom stereocenters. The van der Waals surface area contributed by atoms with Crippen molar-refractivity contribution in [3.63, 3.8) is 0 Å². The fourth-order valence-corrected chi connectivity index (χ4v) is 3.26. The Kier molecular flexibility index (Phi) is 6.80. The van der Waals surface area contributed by atoms with Crippen LogP contribution in [0.2, 0.25) is 0 Å². The third-order valence-electron chi connectivity index (χ3n) is 4.51. The van der Waals surface area contributed by atoms with Gasteiger partial charge >= 0.3 is 12.0 Å². The minimum atomic E-state index is -0.762. The number of carbonyl (C=O) groups excluding carboxylic acids is 2. The maximum Gasteiger partial charge on any atom is 0.338 e. The van der Waals surface area contributed by atoms with E-state index in [2.05, 4.69) is 22.4 Å². The molecular formula is C18H25N3O4. The predicted octanol–water partition coefficient (Wildman–Crippen LogP) is 2.64. The van der Waals surface area contributed by atoms with Crippen LogP contribution in [0.1, 0.15) is 39.0 Å². The van der Waals surface area contributed by atoms with Crippen LogP contribution in [-0.4, -0.2) is 36.1 Å². The van der Waals surface area contributed by atoms with E-state index >= 15 is 0 Å². The van der Waals surface area contributed by atoms with Gasteiger partial charge in [0.25, 0.3) is 0 Å². The number of hydrogen-bond acceptors (Lipinski definition) is 5. The van der Waals surface area contributed by atoms with E-state index in [1.807, 2.05) is 0 Å². The Morgan fingerprint density at radius 3 is 2.76 bits per heavy atom. The number of carbonyl (C=O) groups is 2. The fourth-order valence-electron chi connectivity index (χ4n) is 3.26. The maximum atomic E-state index is 12.6. The Balaban J connectivity index is 2.18. The number of ether oxygens (including phenoxy) is 1. The van der Waals surface area contributed by atoms with Crippen molar-refractivity contribution in [2.75, 3.05) is 6.61 Å². The molecule has 1 fully saturated rings. The van der Waals surface area contributed by atoms with Gasteiger partial charge in [0.2, 0.25) is 0 Å². The molecule has 7 heteroatoms. The molecule has 0 aromatic heterocycles. The van der Waals surface area contributed by atoms with E-state index in [4.69, 9.17) is 9.94 Å². The molecule has 2 rings (SSSR count). The third kappa shape index (κ3) is 4.95. The summed E-state index contributed by atoms with van der Waals surface area (Å²) < 4.78 is 5.52. The lowest BCUT2D eigenvalue weighted by Gasteiger charge is -2.29. The summed E-state index contributed by atoms with van der Waals surface area (Å²) in [6.07, 6.45) is 9.95. The summed E-state index contributed by atoms with van der Waals surface area (Å²) in [4.78, 5) is 24.5. The molecular weight excluding hydrogens is 322 g/mol. The number of oxime groups is 1. The van der Waals surface area contributed by atoms with Gasteiger partial charge in [0.15, 0.2) is 0 Å². The van der Waals surface area contributed by atoms with Gasteiger partial charge in [-0.25, -0.2) is 9.59 Å². The van der Waals surface area contributed by atoms with Crippen molar-refractivity contribution >= 4 is 18.2 Å². The van der Waals surface area contributed by atoms with Gasteiger partial charge in [-0.1, -0.05) is 43.1 Å². The topological polar surface area (TPSA) is 100 Å². The molecule has 1 aliphatic carbocycles. The molecule has 0 bridgehead atoms. The second-order valence-corrected chi connectivity index (χ2v) is 6.32. The van der Waals surface area contributed by atoms with Gasteiger partial charge in [0.05, 0.1) is 24.4 Å². The summed E-state index contributed by atoms with van der Waals surface area (Å²) in [5.74, 6) is -0.0905. The number of nitrogens with zero attached hydrogens (tertiary/aromatic N) is 1. The van der Waals surface area contributed by atoms with Gasteiger partial charge < -0.3 is 20.6 Å². The zero-order valence-corrected chi connectivity index (χ0v) is 14.5. The van der Waals surface area contributed by atoms with Crippen LogP contribution in [0.15, 0.2) is 40.7 Å². The zero-order valence-electron chi connectivity index (χ0n) is 14.5. The molecule has 1 heterocycles. The standard InChI is InChI=1S/C18H25N3O4/c1-3-7-14(10-19-24)16-15(12(2)20-18(23)21-16)17(22)25-11-13-8-5-4-6-9-13/h3,7,10,13,16,24H,1,4-6,8-9,11H2,2H3,(H2,20,21,23)/b14-7+,19-10+. The molecule has 2 amide bonds. The number of allylic oxidation sites excluding steroid dienone is 3. The van der Waals surface area contributed by atoms with Gasteiger partial charge in [-0.2, -0.15) is 0 Å². The first kappa shape index (κ1) is 18.8. The minimum absolute atomic E-state index is 0.295. The van der Waals surface area contributed by atoms with E-state index in [1.54, 1.807) is 13.0 Å². The molecule has 0 aromatic carbocycles. The van der Waals surface area contributed by atoms with Crippen molar-refractivity contribution in [3.05, 3.63) is 35.6 Å². The number of hydrogen-bond donors (Lipinski definition) is 3. The molecule has 0 spiro atoms. The molecule has 0 radical (unpaired) electrons. The number of esters is 1. The van der Waals surface area contributed by atoms with Crippen LogP contribution in [0.25, 0.3) is 0 Å². The van der Waals surface area contributed by atoms with Gasteiger partial charge in [0, 0.05) is 11.3 Å².